The van der Waals surface area contributed by atoms with Crippen LogP contribution in [0.3, 0.4) is 0 Å². The summed E-state index contributed by atoms with van der Waals surface area (Å²) in [5, 5.41) is 20.6. The molecule has 4 rings (SSSR count). The van der Waals surface area contributed by atoms with Crippen molar-refractivity contribution in [2.75, 3.05) is 6.61 Å². The van der Waals surface area contributed by atoms with E-state index in [-0.39, 0.29) is 24.0 Å². The third-order valence-corrected chi connectivity index (χ3v) is 10.4. The van der Waals surface area contributed by atoms with Crippen molar-refractivity contribution in [1.29, 1.82) is 0 Å². The highest BCUT2D eigenvalue weighted by molar-refractivity contribution is 5.35. The smallest absolute Gasteiger partial charge is 0.0593 e. The van der Waals surface area contributed by atoms with Crippen LogP contribution in [0.25, 0.3) is 0 Å². The van der Waals surface area contributed by atoms with Crippen LogP contribution in [0.15, 0.2) is 22.8 Å². The van der Waals surface area contributed by atoms with Gasteiger partial charge in [0, 0.05) is 12.5 Å². The number of fused-ring (bicyclic) bond motifs is 4. The zero-order valence-corrected chi connectivity index (χ0v) is 20.2. The summed E-state index contributed by atoms with van der Waals surface area (Å²) in [4.78, 5) is 0. The van der Waals surface area contributed by atoms with Gasteiger partial charge in [-0.25, -0.2) is 0 Å². The molecule has 0 amide bonds. The second-order valence-electron chi connectivity index (χ2n) is 12.1. The zero-order valence-electron chi connectivity index (χ0n) is 20.2. The molecule has 2 nitrogen and oxygen atoms in total. The lowest BCUT2D eigenvalue weighted by molar-refractivity contribution is -0.0619. The monoisotopic (exact) mass is 414 g/mol. The Balaban J connectivity index is 1.57. The molecule has 2 fully saturated rings. The molecule has 170 valence electrons. The van der Waals surface area contributed by atoms with E-state index in [2.05, 4.69) is 40.7 Å². The van der Waals surface area contributed by atoms with Gasteiger partial charge in [-0.05, 0) is 113 Å². The lowest BCUT2D eigenvalue weighted by atomic mass is 9.48. The molecule has 4 aliphatic carbocycles. The van der Waals surface area contributed by atoms with Crippen LogP contribution in [0.4, 0.5) is 0 Å². The fraction of sp³-hybridized carbons (Fsp3) is 0.857. The molecule has 2 heteroatoms. The third kappa shape index (κ3) is 3.54. The first-order valence-corrected chi connectivity index (χ1v) is 12.9. The van der Waals surface area contributed by atoms with Gasteiger partial charge < -0.3 is 10.2 Å². The Bertz CT molecular complexity index is 701. The fourth-order valence-electron chi connectivity index (χ4n) is 8.76. The van der Waals surface area contributed by atoms with Gasteiger partial charge in [0.15, 0.2) is 0 Å². The van der Waals surface area contributed by atoms with E-state index in [0.717, 1.165) is 30.6 Å². The number of hydrogen-bond donors (Lipinski definition) is 2. The highest BCUT2D eigenvalue weighted by Crippen LogP contribution is 2.66. The van der Waals surface area contributed by atoms with Gasteiger partial charge in [0.05, 0.1) is 6.10 Å². The first-order chi connectivity index (χ1) is 14.2. The lowest BCUT2D eigenvalue weighted by Gasteiger charge is -2.57. The molecule has 0 aromatic heterocycles. The summed E-state index contributed by atoms with van der Waals surface area (Å²) in [6.07, 6.45) is 14.5. The van der Waals surface area contributed by atoms with Crippen LogP contribution in [0.1, 0.15) is 98.8 Å². The average Bonchev–Trinajstić information content (AvgIpc) is 3.05. The van der Waals surface area contributed by atoms with Gasteiger partial charge in [0.25, 0.3) is 0 Å². The van der Waals surface area contributed by atoms with Gasteiger partial charge >= 0.3 is 0 Å². The minimum Gasteiger partial charge on any atom is -0.396 e. The summed E-state index contributed by atoms with van der Waals surface area (Å²) in [5.74, 6) is 3.01. The molecule has 30 heavy (non-hydrogen) atoms. The van der Waals surface area contributed by atoms with E-state index in [4.69, 9.17) is 0 Å². The Hall–Kier alpha value is -0.600. The Morgan fingerprint density at radius 1 is 1.10 bits per heavy atom. The standard InChI is InChI=1S/C28H46O2/c1-18(2)7-6-8-19(3)22-11-12-23-20-9-10-24-21(17-29)26(30)14-16-28(24,5)25(20)13-15-27(22,23)4/h7,19,21-24,26,29-30H,6,8-17H2,1-5H3/t19?,21-,22?,23?,24?,26-,27+,28-/m0/s1. The summed E-state index contributed by atoms with van der Waals surface area (Å²) >= 11 is 0. The average molecular weight is 415 g/mol. The Morgan fingerprint density at radius 2 is 1.87 bits per heavy atom. The van der Waals surface area contributed by atoms with Gasteiger partial charge in [-0.15, -0.1) is 0 Å². The zero-order chi connectivity index (χ0) is 21.7. The summed E-state index contributed by atoms with van der Waals surface area (Å²) in [6.45, 7) is 12.2. The quantitative estimate of drug-likeness (QED) is 0.493. The number of rotatable bonds is 5. The molecule has 0 radical (unpaired) electrons. The van der Waals surface area contributed by atoms with Crippen molar-refractivity contribution in [2.24, 2.45) is 40.4 Å². The van der Waals surface area contributed by atoms with Crippen LogP contribution in [-0.4, -0.2) is 22.9 Å². The summed E-state index contributed by atoms with van der Waals surface area (Å²) in [7, 11) is 0. The van der Waals surface area contributed by atoms with E-state index >= 15 is 0 Å². The van der Waals surface area contributed by atoms with Crippen LogP contribution in [0.5, 0.6) is 0 Å². The Kier molecular flexibility index (Phi) is 6.32. The second kappa shape index (κ2) is 8.39. The largest absolute Gasteiger partial charge is 0.396 e. The van der Waals surface area contributed by atoms with E-state index < -0.39 is 0 Å². The maximum absolute atomic E-state index is 10.5. The van der Waals surface area contributed by atoms with Crippen molar-refractivity contribution in [3.05, 3.63) is 22.8 Å². The van der Waals surface area contributed by atoms with Crippen LogP contribution >= 0.6 is 0 Å². The van der Waals surface area contributed by atoms with Gasteiger partial charge in [0.2, 0.25) is 0 Å². The predicted molar refractivity (Wildman–Crippen MR) is 125 cm³/mol. The SMILES string of the molecule is CC(C)=CCCC(C)C1CCC2C3=C(CC[C@@]21C)[C@@]1(C)CC[C@H](O)[C@@H](CO)C1CC3. The molecule has 2 saturated carbocycles. The van der Waals surface area contributed by atoms with Crippen molar-refractivity contribution < 1.29 is 10.2 Å². The molecule has 0 heterocycles. The molecule has 0 aromatic rings. The predicted octanol–water partition coefficient (Wildman–Crippen LogP) is 6.67. The van der Waals surface area contributed by atoms with E-state index in [1.54, 1.807) is 5.57 Å². The van der Waals surface area contributed by atoms with E-state index in [0.29, 0.717) is 11.3 Å². The third-order valence-electron chi connectivity index (χ3n) is 10.4. The molecule has 0 spiro atoms. The highest BCUT2D eigenvalue weighted by Gasteiger charge is 2.57. The van der Waals surface area contributed by atoms with Crippen LogP contribution in [-0.2, 0) is 0 Å². The van der Waals surface area contributed by atoms with Gasteiger partial charge in [-0.2, -0.15) is 0 Å². The molecule has 0 aliphatic heterocycles. The molecule has 4 unspecified atom stereocenters. The van der Waals surface area contributed by atoms with Crippen LogP contribution < -0.4 is 0 Å². The summed E-state index contributed by atoms with van der Waals surface area (Å²) in [6, 6.07) is 0. The van der Waals surface area contributed by atoms with Crippen molar-refractivity contribution in [3.8, 4) is 0 Å². The molecule has 0 bridgehead atoms. The van der Waals surface area contributed by atoms with E-state index in [1.807, 2.05) is 5.57 Å². The van der Waals surface area contributed by atoms with Gasteiger partial charge in [0.1, 0.15) is 0 Å². The summed E-state index contributed by atoms with van der Waals surface area (Å²) in [5.41, 5.74) is 5.75. The molecular weight excluding hydrogens is 368 g/mol. The van der Waals surface area contributed by atoms with Crippen molar-refractivity contribution in [2.45, 2.75) is 105 Å². The molecule has 8 atom stereocenters. The maximum Gasteiger partial charge on any atom is 0.0593 e. The Morgan fingerprint density at radius 3 is 2.57 bits per heavy atom. The number of allylic oxidation sites excluding steroid dienone is 4. The Labute approximate surface area is 185 Å². The molecule has 0 saturated heterocycles. The highest BCUT2D eigenvalue weighted by atomic mass is 16.3. The molecular formula is C28H46O2. The minimum atomic E-state index is -0.304. The first kappa shape index (κ1) is 22.6. The van der Waals surface area contributed by atoms with Gasteiger partial charge in [-0.1, -0.05) is 43.6 Å². The second-order valence-corrected chi connectivity index (χ2v) is 12.1. The number of aliphatic hydroxyl groups excluding tert-OH is 2. The number of hydrogen-bond acceptors (Lipinski definition) is 2. The van der Waals surface area contributed by atoms with Crippen LogP contribution in [0.2, 0.25) is 0 Å². The van der Waals surface area contributed by atoms with E-state index in [1.165, 1.54) is 56.9 Å². The maximum atomic E-state index is 10.5. The topological polar surface area (TPSA) is 40.5 Å². The minimum absolute atomic E-state index is 0.0811. The van der Waals surface area contributed by atoms with Crippen molar-refractivity contribution in [3.63, 3.8) is 0 Å². The first-order valence-electron chi connectivity index (χ1n) is 12.9. The van der Waals surface area contributed by atoms with Crippen molar-refractivity contribution in [1.82, 2.24) is 0 Å². The van der Waals surface area contributed by atoms with E-state index in [9.17, 15) is 10.2 Å². The molecule has 0 aromatic carbocycles. The van der Waals surface area contributed by atoms with Crippen LogP contribution in [0, 0.1) is 40.4 Å². The van der Waals surface area contributed by atoms with Gasteiger partial charge in [-0.3, -0.25) is 0 Å². The van der Waals surface area contributed by atoms with Crippen molar-refractivity contribution >= 4 is 0 Å². The summed E-state index contributed by atoms with van der Waals surface area (Å²) < 4.78 is 0. The molecule has 4 aliphatic rings. The normalized spacial score (nSPS) is 44.2. The lowest BCUT2D eigenvalue weighted by Crippen LogP contribution is -2.50. The number of aliphatic hydroxyl groups is 2. The fourth-order valence-corrected chi connectivity index (χ4v) is 8.76. The molecule has 2 N–H and O–H groups in total.